The van der Waals surface area contributed by atoms with Gasteiger partial charge in [-0.1, -0.05) is 0 Å². The van der Waals surface area contributed by atoms with Crippen LogP contribution in [0.2, 0.25) is 0 Å². The molecule has 0 fully saturated rings. The quantitative estimate of drug-likeness (QED) is 0.875. The lowest BCUT2D eigenvalue weighted by molar-refractivity contribution is 0.0885. The van der Waals surface area contributed by atoms with Crippen molar-refractivity contribution in [3.05, 3.63) is 32.2 Å². The van der Waals surface area contributed by atoms with E-state index in [-0.39, 0.29) is 11.8 Å². The van der Waals surface area contributed by atoms with Gasteiger partial charge in [-0.05, 0) is 27.7 Å². The Balaban J connectivity index is 1.90. The SMILES string of the molecule is Cc1ncc(C(=O)NCC(C)(C)NC(=O)c2cnc(C)s2)s1. The van der Waals surface area contributed by atoms with Gasteiger partial charge in [0.25, 0.3) is 11.8 Å². The minimum absolute atomic E-state index is 0.179. The largest absolute Gasteiger partial charge is 0.349 e. The van der Waals surface area contributed by atoms with Crippen molar-refractivity contribution in [1.82, 2.24) is 20.6 Å². The Bertz CT molecular complexity index is 691. The van der Waals surface area contributed by atoms with Gasteiger partial charge in [-0.25, -0.2) is 9.97 Å². The van der Waals surface area contributed by atoms with Gasteiger partial charge in [0.15, 0.2) is 0 Å². The van der Waals surface area contributed by atoms with Gasteiger partial charge in [0.1, 0.15) is 9.75 Å². The molecule has 0 atom stereocenters. The van der Waals surface area contributed by atoms with Gasteiger partial charge >= 0.3 is 0 Å². The molecule has 0 saturated carbocycles. The predicted molar refractivity (Wildman–Crippen MR) is 87.6 cm³/mol. The molecule has 0 aromatic carbocycles. The van der Waals surface area contributed by atoms with Crippen molar-refractivity contribution < 1.29 is 9.59 Å². The van der Waals surface area contributed by atoms with E-state index in [0.717, 1.165) is 10.0 Å². The number of thiazole rings is 2. The number of hydrogen-bond acceptors (Lipinski definition) is 6. The summed E-state index contributed by atoms with van der Waals surface area (Å²) in [5.41, 5.74) is -0.565. The van der Waals surface area contributed by atoms with Crippen molar-refractivity contribution in [2.24, 2.45) is 0 Å². The summed E-state index contributed by atoms with van der Waals surface area (Å²) >= 11 is 2.69. The van der Waals surface area contributed by atoms with Crippen molar-refractivity contribution in [3.63, 3.8) is 0 Å². The van der Waals surface area contributed by atoms with Crippen molar-refractivity contribution >= 4 is 34.5 Å². The zero-order valence-corrected chi connectivity index (χ0v) is 14.5. The van der Waals surface area contributed by atoms with Gasteiger partial charge in [0, 0.05) is 6.54 Å². The fourth-order valence-corrected chi connectivity index (χ4v) is 3.10. The van der Waals surface area contributed by atoms with Crippen LogP contribution in [-0.2, 0) is 0 Å². The van der Waals surface area contributed by atoms with Crippen molar-refractivity contribution in [1.29, 1.82) is 0 Å². The third kappa shape index (κ3) is 4.35. The first-order chi connectivity index (χ1) is 10.3. The van der Waals surface area contributed by atoms with Gasteiger partial charge in [-0.2, -0.15) is 0 Å². The minimum atomic E-state index is -0.565. The first kappa shape index (κ1) is 16.6. The fraction of sp³-hybridized carbons (Fsp3) is 0.429. The average molecular weight is 338 g/mol. The maximum Gasteiger partial charge on any atom is 0.263 e. The topological polar surface area (TPSA) is 84.0 Å². The van der Waals surface area contributed by atoms with Crippen LogP contribution in [0, 0.1) is 13.8 Å². The van der Waals surface area contributed by atoms with E-state index in [1.807, 2.05) is 27.7 Å². The summed E-state index contributed by atoms with van der Waals surface area (Å²) in [4.78, 5) is 33.4. The Hall–Kier alpha value is -1.80. The van der Waals surface area contributed by atoms with Crippen molar-refractivity contribution in [3.8, 4) is 0 Å². The lowest BCUT2D eigenvalue weighted by Gasteiger charge is -2.26. The number of hydrogen-bond donors (Lipinski definition) is 2. The van der Waals surface area contributed by atoms with Crippen LogP contribution in [0.25, 0.3) is 0 Å². The maximum atomic E-state index is 12.1. The van der Waals surface area contributed by atoms with E-state index < -0.39 is 5.54 Å². The summed E-state index contributed by atoms with van der Waals surface area (Å²) in [7, 11) is 0. The molecule has 2 amide bonds. The minimum Gasteiger partial charge on any atom is -0.349 e. The molecule has 0 saturated heterocycles. The highest BCUT2D eigenvalue weighted by atomic mass is 32.1. The smallest absolute Gasteiger partial charge is 0.263 e. The first-order valence-electron chi connectivity index (χ1n) is 6.72. The molecule has 0 bridgehead atoms. The highest BCUT2D eigenvalue weighted by molar-refractivity contribution is 7.13. The molecule has 2 aromatic rings. The average Bonchev–Trinajstić information content (AvgIpc) is 3.04. The van der Waals surface area contributed by atoms with Crippen LogP contribution in [0.3, 0.4) is 0 Å². The molecule has 0 aliphatic heterocycles. The normalized spacial score (nSPS) is 11.3. The third-order valence-electron chi connectivity index (χ3n) is 2.83. The molecular formula is C14H18N4O2S2. The van der Waals surface area contributed by atoms with Crippen LogP contribution >= 0.6 is 22.7 Å². The zero-order valence-electron chi connectivity index (χ0n) is 12.9. The second-order valence-corrected chi connectivity index (χ2v) is 7.98. The molecule has 0 unspecified atom stereocenters. The van der Waals surface area contributed by atoms with E-state index in [9.17, 15) is 9.59 Å². The number of nitrogens with zero attached hydrogens (tertiary/aromatic N) is 2. The Morgan fingerprint density at radius 1 is 1.05 bits per heavy atom. The lowest BCUT2D eigenvalue weighted by Crippen LogP contribution is -2.51. The van der Waals surface area contributed by atoms with E-state index in [4.69, 9.17) is 0 Å². The number of carbonyl (C=O) groups excluding carboxylic acids is 2. The molecule has 8 heteroatoms. The van der Waals surface area contributed by atoms with Gasteiger partial charge in [0.05, 0.1) is 27.9 Å². The molecule has 0 aliphatic rings. The monoisotopic (exact) mass is 338 g/mol. The lowest BCUT2D eigenvalue weighted by atomic mass is 10.1. The molecular weight excluding hydrogens is 320 g/mol. The maximum absolute atomic E-state index is 12.1. The van der Waals surface area contributed by atoms with Gasteiger partial charge in [0.2, 0.25) is 0 Å². The number of amides is 2. The summed E-state index contributed by atoms with van der Waals surface area (Å²) in [6.45, 7) is 7.74. The summed E-state index contributed by atoms with van der Waals surface area (Å²) in [5, 5.41) is 7.41. The van der Waals surface area contributed by atoms with Crippen LogP contribution in [0.15, 0.2) is 12.4 Å². The number of carbonyl (C=O) groups is 2. The molecule has 0 spiro atoms. The van der Waals surface area contributed by atoms with E-state index in [2.05, 4.69) is 20.6 Å². The standard InChI is InChI=1S/C14H18N4O2S2/c1-8-15-5-10(21-8)12(19)17-7-14(3,4)18-13(20)11-6-16-9(2)22-11/h5-6H,7H2,1-4H3,(H,17,19)(H,18,20). The Morgan fingerprint density at radius 2 is 1.55 bits per heavy atom. The number of aromatic nitrogens is 2. The second kappa shape index (κ2) is 6.53. The molecule has 118 valence electrons. The van der Waals surface area contributed by atoms with E-state index in [0.29, 0.717) is 16.3 Å². The van der Waals surface area contributed by atoms with Crippen LogP contribution in [0.5, 0.6) is 0 Å². The molecule has 6 nitrogen and oxygen atoms in total. The van der Waals surface area contributed by atoms with Gasteiger partial charge in [-0.3, -0.25) is 9.59 Å². The second-order valence-electron chi connectivity index (χ2n) is 5.51. The van der Waals surface area contributed by atoms with E-state index >= 15 is 0 Å². The number of rotatable bonds is 5. The molecule has 2 N–H and O–H groups in total. The zero-order chi connectivity index (χ0) is 16.3. The van der Waals surface area contributed by atoms with E-state index in [1.54, 1.807) is 12.4 Å². The summed E-state index contributed by atoms with van der Waals surface area (Å²) < 4.78 is 0. The molecule has 22 heavy (non-hydrogen) atoms. The van der Waals surface area contributed by atoms with Crippen molar-refractivity contribution in [2.75, 3.05) is 6.54 Å². The number of nitrogens with one attached hydrogen (secondary N) is 2. The number of aryl methyl sites for hydroxylation is 2. The molecule has 0 radical (unpaired) electrons. The molecule has 2 heterocycles. The van der Waals surface area contributed by atoms with Gasteiger partial charge < -0.3 is 10.6 Å². The van der Waals surface area contributed by atoms with Gasteiger partial charge in [-0.15, -0.1) is 22.7 Å². The Morgan fingerprint density at radius 3 is 2.00 bits per heavy atom. The molecule has 2 rings (SSSR count). The Labute approximate surface area is 137 Å². The molecule has 0 aliphatic carbocycles. The summed E-state index contributed by atoms with van der Waals surface area (Å²) in [5.74, 6) is -0.361. The van der Waals surface area contributed by atoms with Crippen LogP contribution < -0.4 is 10.6 Å². The van der Waals surface area contributed by atoms with Crippen LogP contribution in [0.4, 0.5) is 0 Å². The highest BCUT2D eigenvalue weighted by Crippen LogP contribution is 2.14. The Kier molecular flexibility index (Phi) is 4.92. The third-order valence-corrected chi connectivity index (χ3v) is 4.66. The summed E-state index contributed by atoms with van der Waals surface area (Å²) in [6, 6.07) is 0. The van der Waals surface area contributed by atoms with Crippen LogP contribution in [-0.4, -0.2) is 33.9 Å². The van der Waals surface area contributed by atoms with Crippen LogP contribution in [0.1, 0.15) is 43.2 Å². The predicted octanol–water partition coefficient (Wildman–Crippen LogP) is 2.15. The first-order valence-corrected chi connectivity index (χ1v) is 8.36. The molecule has 2 aromatic heterocycles. The van der Waals surface area contributed by atoms with Crippen molar-refractivity contribution in [2.45, 2.75) is 33.2 Å². The van der Waals surface area contributed by atoms with E-state index in [1.165, 1.54) is 22.7 Å². The highest BCUT2D eigenvalue weighted by Gasteiger charge is 2.23. The summed E-state index contributed by atoms with van der Waals surface area (Å²) in [6.07, 6.45) is 3.12. The fourth-order valence-electron chi connectivity index (χ4n) is 1.73.